The summed E-state index contributed by atoms with van der Waals surface area (Å²) in [7, 11) is 1.58. The summed E-state index contributed by atoms with van der Waals surface area (Å²) in [6.45, 7) is 4.41. The molecule has 2 aliphatic rings. The van der Waals surface area contributed by atoms with Crippen molar-refractivity contribution in [2.45, 2.75) is 39.2 Å². The Morgan fingerprint density at radius 3 is 2.79 bits per heavy atom. The summed E-state index contributed by atoms with van der Waals surface area (Å²) in [5.74, 6) is 5.84. The number of rotatable bonds is 6. The first-order valence-corrected chi connectivity index (χ1v) is 12.3. The number of nitrogens with zero attached hydrogens (tertiary/aromatic N) is 3. The number of methoxy groups -OCH3 is 1. The van der Waals surface area contributed by atoms with E-state index in [1.54, 1.807) is 29.7 Å². The van der Waals surface area contributed by atoms with Crippen LogP contribution in [-0.2, 0) is 16.0 Å². The van der Waals surface area contributed by atoms with Crippen LogP contribution in [0.3, 0.4) is 0 Å². The van der Waals surface area contributed by atoms with E-state index in [1.165, 1.54) is 0 Å². The average molecular weight is 477 g/mol. The third-order valence-electron chi connectivity index (χ3n) is 5.95. The van der Waals surface area contributed by atoms with Crippen molar-refractivity contribution in [2.75, 3.05) is 13.7 Å². The summed E-state index contributed by atoms with van der Waals surface area (Å²) in [4.78, 5) is 29.4. The zero-order valence-corrected chi connectivity index (χ0v) is 20.4. The van der Waals surface area contributed by atoms with Crippen LogP contribution in [0, 0.1) is 23.7 Å². The highest BCUT2D eigenvalue weighted by Gasteiger charge is 2.40. The van der Waals surface area contributed by atoms with Gasteiger partial charge in [0.1, 0.15) is 5.75 Å². The van der Waals surface area contributed by atoms with Gasteiger partial charge in [0.05, 0.1) is 29.3 Å². The van der Waals surface area contributed by atoms with Gasteiger partial charge in [-0.1, -0.05) is 18.1 Å². The van der Waals surface area contributed by atoms with Crippen LogP contribution in [0.25, 0.3) is 0 Å². The van der Waals surface area contributed by atoms with Crippen molar-refractivity contribution in [2.24, 2.45) is 16.9 Å². The molecule has 0 spiro atoms. The molecule has 2 amide bonds. The first kappa shape index (κ1) is 23.7. The summed E-state index contributed by atoms with van der Waals surface area (Å²) in [6, 6.07) is 5.66. The Morgan fingerprint density at radius 2 is 2.09 bits per heavy atom. The average Bonchev–Trinajstić information content (AvgIpc) is 3.36. The maximum Gasteiger partial charge on any atom is 0.296 e. The molecule has 0 saturated heterocycles. The van der Waals surface area contributed by atoms with Gasteiger partial charge in [-0.3, -0.25) is 9.59 Å². The van der Waals surface area contributed by atoms with E-state index in [0.29, 0.717) is 24.3 Å². The molecule has 0 saturated carbocycles. The second-order valence-electron chi connectivity index (χ2n) is 8.51. The molecule has 1 aliphatic carbocycles. The lowest BCUT2D eigenvalue weighted by atomic mass is 9.76. The van der Waals surface area contributed by atoms with E-state index in [4.69, 9.17) is 9.84 Å². The van der Waals surface area contributed by atoms with Crippen LogP contribution in [0.5, 0.6) is 5.75 Å². The highest BCUT2D eigenvalue weighted by Crippen LogP contribution is 2.36. The fraction of sp³-hybridized carbons (Fsp3) is 0.385. The number of benzene rings is 1. The first-order chi connectivity index (χ1) is 16.5. The van der Waals surface area contributed by atoms with E-state index >= 15 is 0 Å². The van der Waals surface area contributed by atoms with E-state index in [-0.39, 0.29) is 29.7 Å². The molecule has 1 aliphatic heterocycles. The summed E-state index contributed by atoms with van der Waals surface area (Å²) in [5.41, 5.74) is 2.37. The zero-order chi connectivity index (χ0) is 24.1. The van der Waals surface area contributed by atoms with Crippen molar-refractivity contribution < 1.29 is 14.3 Å². The van der Waals surface area contributed by atoms with E-state index < -0.39 is 0 Å². The largest absolute Gasteiger partial charge is 0.495 e. The third-order valence-corrected chi connectivity index (χ3v) is 6.78. The van der Waals surface area contributed by atoms with Gasteiger partial charge in [0.15, 0.2) is 0 Å². The van der Waals surface area contributed by atoms with Crippen LogP contribution in [-0.4, -0.2) is 47.2 Å². The van der Waals surface area contributed by atoms with Crippen LogP contribution >= 0.6 is 11.3 Å². The quantitative estimate of drug-likeness (QED) is 0.512. The normalized spacial score (nSPS) is 19.2. The molecule has 0 unspecified atom stereocenters. The number of hydrazone groups is 1. The molecule has 176 valence electrons. The molecule has 7 nitrogen and oxygen atoms in total. The number of thiazole rings is 1. The Balaban J connectivity index is 1.57. The molecule has 0 bridgehead atoms. The molecule has 0 radical (unpaired) electrons. The van der Waals surface area contributed by atoms with Gasteiger partial charge in [-0.15, -0.1) is 11.3 Å². The van der Waals surface area contributed by atoms with Gasteiger partial charge >= 0.3 is 0 Å². The highest BCUT2D eigenvalue weighted by molar-refractivity contribution is 7.09. The summed E-state index contributed by atoms with van der Waals surface area (Å²) < 4.78 is 5.48. The van der Waals surface area contributed by atoms with Crippen molar-refractivity contribution in [1.29, 1.82) is 0 Å². The minimum atomic E-state index is -0.354. The van der Waals surface area contributed by atoms with Crippen LogP contribution in [0.2, 0.25) is 0 Å². The zero-order valence-electron chi connectivity index (χ0n) is 19.6. The lowest BCUT2D eigenvalue weighted by molar-refractivity contribution is -0.139. The third kappa shape index (κ3) is 5.20. The van der Waals surface area contributed by atoms with E-state index in [2.05, 4.69) is 34.3 Å². The number of carbonyl (C=O) groups excluding carboxylic acids is 2. The number of fused-ring (bicyclic) bond motifs is 1. The number of amides is 2. The fourth-order valence-corrected chi connectivity index (χ4v) is 4.85. The number of allylic oxidation sites excluding steroid dienone is 2. The highest BCUT2D eigenvalue weighted by atomic mass is 32.1. The van der Waals surface area contributed by atoms with Gasteiger partial charge in [0, 0.05) is 42.4 Å². The van der Waals surface area contributed by atoms with Crippen molar-refractivity contribution in [3.63, 3.8) is 0 Å². The molecule has 4 rings (SSSR count). The van der Waals surface area contributed by atoms with Gasteiger partial charge < -0.3 is 10.1 Å². The second-order valence-corrected chi connectivity index (χ2v) is 9.49. The van der Waals surface area contributed by atoms with Crippen LogP contribution in [0.15, 0.2) is 47.0 Å². The van der Waals surface area contributed by atoms with Gasteiger partial charge in [0.25, 0.3) is 5.91 Å². The van der Waals surface area contributed by atoms with Crippen molar-refractivity contribution in [3.8, 4) is 17.6 Å². The lowest BCUT2D eigenvalue weighted by Crippen LogP contribution is -2.47. The second kappa shape index (κ2) is 10.7. The SMILES string of the molecule is COc1ccc(C2=NN(C(C)C)C(=O)[C@@H]3CC=CC[C@H]23)cc1C#CC(=O)NCCc1nccs1. The molecule has 2 atom stereocenters. The smallest absolute Gasteiger partial charge is 0.296 e. The lowest BCUT2D eigenvalue weighted by Gasteiger charge is -2.38. The Labute approximate surface area is 203 Å². The number of ether oxygens (including phenoxy) is 1. The molecular formula is C26H28N4O3S. The maximum absolute atomic E-state index is 13.0. The number of hydrogen-bond donors (Lipinski definition) is 1. The molecule has 34 heavy (non-hydrogen) atoms. The standard InChI is InChI=1S/C26H28N4O3S/c1-17(2)30-26(32)21-7-5-4-6-20(21)25(29-30)19-8-10-22(33-3)18(16-19)9-11-23(31)27-13-12-24-28-14-15-34-24/h4-5,8,10,14-17,20-21H,6-7,12-13H2,1-3H3,(H,27,31)/t20-,21+/m0/s1. The first-order valence-electron chi connectivity index (χ1n) is 11.4. The summed E-state index contributed by atoms with van der Waals surface area (Å²) in [6.07, 6.45) is 8.12. The summed E-state index contributed by atoms with van der Waals surface area (Å²) >= 11 is 1.56. The number of aromatic nitrogens is 1. The minimum Gasteiger partial charge on any atom is -0.495 e. The number of carbonyl (C=O) groups is 2. The minimum absolute atomic E-state index is 0.0239. The van der Waals surface area contributed by atoms with Crippen LogP contribution in [0.1, 0.15) is 42.8 Å². The Hall–Kier alpha value is -3.44. The van der Waals surface area contributed by atoms with Gasteiger partial charge in [0.2, 0.25) is 5.91 Å². The molecule has 8 heteroatoms. The Morgan fingerprint density at radius 1 is 1.29 bits per heavy atom. The topological polar surface area (TPSA) is 83.9 Å². The molecular weight excluding hydrogens is 448 g/mol. The van der Waals surface area contributed by atoms with Crippen LogP contribution < -0.4 is 10.1 Å². The number of hydrogen-bond acceptors (Lipinski definition) is 6. The van der Waals surface area contributed by atoms with E-state index in [9.17, 15) is 9.59 Å². The van der Waals surface area contributed by atoms with Crippen molar-refractivity contribution in [3.05, 3.63) is 58.1 Å². The Kier molecular flexibility index (Phi) is 7.43. The monoisotopic (exact) mass is 476 g/mol. The molecule has 2 aromatic rings. The molecule has 0 fully saturated rings. The fourth-order valence-electron chi connectivity index (χ4n) is 4.23. The van der Waals surface area contributed by atoms with Crippen molar-refractivity contribution >= 4 is 28.9 Å². The molecule has 1 aromatic heterocycles. The summed E-state index contributed by atoms with van der Waals surface area (Å²) in [5, 5.41) is 12.1. The molecule has 1 aromatic carbocycles. The van der Waals surface area contributed by atoms with Gasteiger partial charge in [-0.2, -0.15) is 5.10 Å². The Bertz CT molecular complexity index is 1170. The molecule has 2 heterocycles. The van der Waals surface area contributed by atoms with Gasteiger partial charge in [-0.05, 0) is 50.5 Å². The van der Waals surface area contributed by atoms with E-state index in [0.717, 1.165) is 29.1 Å². The predicted octanol–water partition coefficient (Wildman–Crippen LogP) is 3.40. The maximum atomic E-state index is 13.0. The van der Waals surface area contributed by atoms with Gasteiger partial charge in [-0.25, -0.2) is 9.99 Å². The van der Waals surface area contributed by atoms with E-state index in [1.807, 2.05) is 37.4 Å². The van der Waals surface area contributed by atoms with Crippen molar-refractivity contribution in [1.82, 2.24) is 15.3 Å². The van der Waals surface area contributed by atoms with Crippen LogP contribution in [0.4, 0.5) is 0 Å². The number of nitrogens with one attached hydrogen (secondary N) is 1. The predicted molar refractivity (Wildman–Crippen MR) is 133 cm³/mol. The molecule has 1 N–H and O–H groups in total.